The molecule has 3 heterocycles. The third-order valence-electron chi connectivity index (χ3n) is 6.36. The highest BCUT2D eigenvalue weighted by Gasteiger charge is 2.36. The number of aliphatic imine (C=N–C) groups is 1. The minimum absolute atomic E-state index is 0.0192. The van der Waals surface area contributed by atoms with Gasteiger partial charge in [0.25, 0.3) is 5.91 Å². The lowest BCUT2D eigenvalue weighted by atomic mass is 10.1. The maximum atomic E-state index is 13.0. The van der Waals surface area contributed by atoms with Crippen molar-refractivity contribution in [3.05, 3.63) is 106 Å². The quantitative estimate of drug-likeness (QED) is 0.289. The van der Waals surface area contributed by atoms with Gasteiger partial charge in [0.05, 0.1) is 17.1 Å². The van der Waals surface area contributed by atoms with Gasteiger partial charge in [0, 0.05) is 28.2 Å². The van der Waals surface area contributed by atoms with Crippen LogP contribution in [0.1, 0.15) is 16.7 Å². The van der Waals surface area contributed by atoms with E-state index in [1.54, 1.807) is 12.1 Å². The summed E-state index contributed by atoms with van der Waals surface area (Å²) in [7, 11) is 0. The lowest BCUT2D eigenvalue weighted by Gasteiger charge is -2.20. The van der Waals surface area contributed by atoms with E-state index in [-0.39, 0.29) is 11.4 Å². The number of carbonyl (C=O) groups is 1. The van der Waals surface area contributed by atoms with Crippen LogP contribution in [0.25, 0.3) is 17.0 Å². The Morgan fingerprint density at radius 2 is 1.82 bits per heavy atom. The molecular weight excluding hydrogens is 518 g/mol. The smallest absolute Gasteiger partial charge is 0.283 e. The topological polar surface area (TPSA) is 83.0 Å². The van der Waals surface area contributed by atoms with Crippen molar-refractivity contribution in [3.63, 3.8) is 0 Å². The van der Waals surface area contributed by atoms with Crippen LogP contribution >= 0.6 is 23.4 Å². The molecule has 188 valence electrons. The van der Waals surface area contributed by atoms with Crippen LogP contribution in [0.5, 0.6) is 5.75 Å². The number of nitrogens with one attached hydrogen (secondary N) is 1. The van der Waals surface area contributed by atoms with E-state index in [0.29, 0.717) is 28.4 Å². The standard InChI is InChI=1S/C29H22ClN5O2S/c1-18-8-2-7-13-25(18)37-15-14-34-17-19(20-9-4-6-12-24(20)34)16-22-26(31)35-29(32-27(22)36)38-28(33-35)21-10-3-5-11-23(21)30/h2-13,16-17,31H,14-15H2,1H3. The molecule has 0 bridgehead atoms. The van der Waals surface area contributed by atoms with Crippen molar-refractivity contribution in [2.75, 3.05) is 6.61 Å². The van der Waals surface area contributed by atoms with E-state index in [4.69, 9.17) is 21.7 Å². The van der Waals surface area contributed by atoms with Crippen molar-refractivity contribution in [1.29, 1.82) is 5.41 Å². The fourth-order valence-electron chi connectivity index (χ4n) is 4.44. The van der Waals surface area contributed by atoms with Crippen LogP contribution in [-0.4, -0.2) is 38.1 Å². The summed E-state index contributed by atoms with van der Waals surface area (Å²) < 4.78 is 8.11. The largest absolute Gasteiger partial charge is 0.491 e. The van der Waals surface area contributed by atoms with Gasteiger partial charge in [-0.15, -0.1) is 0 Å². The highest BCUT2D eigenvalue weighted by atomic mass is 35.5. The molecule has 0 fully saturated rings. The van der Waals surface area contributed by atoms with Crippen molar-refractivity contribution >= 4 is 62.3 Å². The first-order valence-electron chi connectivity index (χ1n) is 12.0. The van der Waals surface area contributed by atoms with Crippen LogP contribution in [0.15, 0.2) is 94.7 Å². The van der Waals surface area contributed by atoms with Gasteiger partial charge < -0.3 is 9.30 Å². The van der Waals surface area contributed by atoms with E-state index in [0.717, 1.165) is 33.3 Å². The molecule has 0 saturated carbocycles. The number of benzene rings is 3. The number of aromatic nitrogens is 1. The van der Waals surface area contributed by atoms with Gasteiger partial charge in [-0.05, 0) is 48.5 Å². The van der Waals surface area contributed by atoms with Gasteiger partial charge in [0.2, 0.25) is 5.17 Å². The number of hydrogen-bond donors (Lipinski definition) is 1. The Kier molecular flexibility index (Phi) is 6.35. The van der Waals surface area contributed by atoms with Gasteiger partial charge in [-0.25, -0.2) is 0 Å². The monoisotopic (exact) mass is 539 g/mol. The van der Waals surface area contributed by atoms with Gasteiger partial charge in [0.1, 0.15) is 17.4 Å². The molecule has 0 spiro atoms. The maximum Gasteiger partial charge on any atom is 0.283 e. The molecule has 1 aromatic heterocycles. The van der Waals surface area contributed by atoms with E-state index >= 15 is 0 Å². The number of amidine groups is 2. The number of amides is 1. The Bertz CT molecular complexity index is 1700. The summed E-state index contributed by atoms with van der Waals surface area (Å²) in [5.41, 5.74) is 3.84. The van der Waals surface area contributed by atoms with Crippen LogP contribution in [0.3, 0.4) is 0 Å². The SMILES string of the molecule is Cc1ccccc1OCCn1cc(C=C2C(=N)N3N=C(c4ccccc4Cl)SC3=NC2=O)c2ccccc21. The van der Waals surface area contributed by atoms with E-state index in [9.17, 15) is 4.79 Å². The number of halogens is 1. The molecule has 6 rings (SSSR count). The first-order chi connectivity index (χ1) is 18.5. The number of ether oxygens (including phenoxy) is 1. The number of fused-ring (bicyclic) bond motifs is 2. The second kappa shape index (κ2) is 9.96. The van der Waals surface area contributed by atoms with Crippen molar-refractivity contribution in [2.45, 2.75) is 13.5 Å². The summed E-state index contributed by atoms with van der Waals surface area (Å²) in [5.74, 6) is 0.375. The Labute approximate surface area is 228 Å². The van der Waals surface area contributed by atoms with Crippen LogP contribution < -0.4 is 4.74 Å². The lowest BCUT2D eigenvalue weighted by molar-refractivity contribution is -0.114. The zero-order valence-electron chi connectivity index (χ0n) is 20.4. The van der Waals surface area contributed by atoms with Gasteiger partial charge in [-0.3, -0.25) is 10.2 Å². The predicted molar refractivity (Wildman–Crippen MR) is 154 cm³/mol. The number of thioether (sulfide) groups is 1. The fourth-order valence-corrected chi connectivity index (χ4v) is 5.65. The van der Waals surface area contributed by atoms with Gasteiger partial charge in [0.15, 0.2) is 5.84 Å². The molecule has 2 aliphatic rings. The molecule has 1 N–H and O–H groups in total. The molecule has 0 radical (unpaired) electrons. The van der Waals surface area contributed by atoms with E-state index < -0.39 is 5.91 Å². The summed E-state index contributed by atoms with van der Waals surface area (Å²) in [4.78, 5) is 17.3. The van der Waals surface area contributed by atoms with Gasteiger partial charge in [-0.2, -0.15) is 15.1 Å². The molecule has 1 amide bonds. The van der Waals surface area contributed by atoms with Crippen LogP contribution in [0.2, 0.25) is 5.02 Å². The molecule has 2 aliphatic heterocycles. The third-order valence-corrected chi connectivity index (χ3v) is 7.63. The lowest BCUT2D eigenvalue weighted by Crippen LogP contribution is -2.35. The maximum absolute atomic E-state index is 13.0. The van der Waals surface area contributed by atoms with Crippen LogP contribution in [0, 0.1) is 12.3 Å². The summed E-state index contributed by atoms with van der Waals surface area (Å²) in [6, 6.07) is 23.3. The van der Waals surface area contributed by atoms with Crippen LogP contribution in [-0.2, 0) is 11.3 Å². The van der Waals surface area contributed by atoms with Crippen LogP contribution in [0.4, 0.5) is 0 Å². The minimum atomic E-state index is -0.468. The molecule has 0 aliphatic carbocycles. The first-order valence-corrected chi connectivity index (χ1v) is 13.2. The normalized spacial score (nSPS) is 16.2. The third kappa shape index (κ3) is 4.42. The highest BCUT2D eigenvalue weighted by Crippen LogP contribution is 2.34. The minimum Gasteiger partial charge on any atom is -0.491 e. The van der Waals surface area contributed by atoms with Crippen molar-refractivity contribution < 1.29 is 9.53 Å². The Hall–Kier alpha value is -4.14. The number of aryl methyl sites for hydroxylation is 1. The molecular formula is C29H22ClN5O2S. The molecule has 38 heavy (non-hydrogen) atoms. The zero-order chi connectivity index (χ0) is 26.2. The summed E-state index contributed by atoms with van der Waals surface area (Å²) in [5, 5.41) is 17.2. The fraction of sp³-hybridized carbons (Fsp3) is 0.103. The van der Waals surface area contributed by atoms with Crippen molar-refractivity contribution in [1.82, 2.24) is 9.58 Å². The summed E-state index contributed by atoms with van der Waals surface area (Å²) in [6.45, 7) is 3.14. The number of para-hydroxylation sites is 2. The number of rotatable bonds is 6. The second-order valence-electron chi connectivity index (χ2n) is 8.81. The highest BCUT2D eigenvalue weighted by molar-refractivity contribution is 8.27. The number of hydrogen-bond acceptors (Lipinski definition) is 5. The Morgan fingerprint density at radius 1 is 1.05 bits per heavy atom. The average molecular weight is 540 g/mol. The molecule has 9 heteroatoms. The molecule has 0 atom stereocenters. The van der Waals surface area contributed by atoms with Gasteiger partial charge in [-0.1, -0.05) is 66.2 Å². The molecule has 4 aromatic rings. The van der Waals surface area contributed by atoms with Gasteiger partial charge >= 0.3 is 0 Å². The Morgan fingerprint density at radius 3 is 2.66 bits per heavy atom. The van der Waals surface area contributed by atoms with E-state index in [1.807, 2.05) is 79.9 Å². The summed E-state index contributed by atoms with van der Waals surface area (Å²) in [6.07, 6.45) is 3.70. The van der Waals surface area contributed by atoms with E-state index in [2.05, 4.69) is 14.7 Å². The van der Waals surface area contributed by atoms with E-state index in [1.165, 1.54) is 16.8 Å². The molecule has 0 unspecified atom stereocenters. The first kappa shape index (κ1) is 24.2. The zero-order valence-corrected chi connectivity index (χ0v) is 22.0. The second-order valence-corrected chi connectivity index (χ2v) is 10.2. The van der Waals surface area contributed by atoms with Crippen molar-refractivity contribution in [3.8, 4) is 5.75 Å². The predicted octanol–water partition coefficient (Wildman–Crippen LogP) is 6.35. The molecule has 0 saturated heterocycles. The molecule has 3 aromatic carbocycles. The Balaban J connectivity index is 1.29. The number of hydrazone groups is 1. The van der Waals surface area contributed by atoms with Crippen molar-refractivity contribution in [2.24, 2.45) is 10.1 Å². The summed E-state index contributed by atoms with van der Waals surface area (Å²) >= 11 is 7.57. The number of nitrogens with zero attached hydrogens (tertiary/aromatic N) is 4. The average Bonchev–Trinajstić information content (AvgIpc) is 3.50. The number of carbonyl (C=O) groups excluding carboxylic acids is 1. The molecule has 7 nitrogen and oxygen atoms in total.